The minimum atomic E-state index is 0.0615. The molecule has 0 saturated carbocycles. The highest BCUT2D eigenvalue weighted by Crippen LogP contribution is 2.27. The monoisotopic (exact) mass is 361 g/mol. The first-order valence-electron chi connectivity index (χ1n) is 9.18. The van der Waals surface area contributed by atoms with Gasteiger partial charge in [0.2, 0.25) is 5.95 Å². The van der Waals surface area contributed by atoms with Crippen LogP contribution in [0.2, 0.25) is 0 Å². The molecule has 1 aliphatic rings. The normalized spacial score (nSPS) is 15.1. The second kappa shape index (κ2) is 7.32. The first kappa shape index (κ1) is 17.4. The number of fused-ring (bicyclic) bond motifs is 1. The Morgan fingerprint density at radius 3 is 2.37 bits per heavy atom. The summed E-state index contributed by atoms with van der Waals surface area (Å²) in [6.45, 7) is 5.42. The Kier molecular flexibility index (Phi) is 4.73. The van der Waals surface area contributed by atoms with E-state index in [2.05, 4.69) is 22.2 Å². The predicted molar refractivity (Wildman–Crippen MR) is 109 cm³/mol. The van der Waals surface area contributed by atoms with Crippen LogP contribution in [0.25, 0.3) is 10.9 Å². The lowest BCUT2D eigenvalue weighted by atomic mass is 10.1. The molecule has 138 valence electrons. The van der Waals surface area contributed by atoms with Crippen molar-refractivity contribution in [1.29, 1.82) is 0 Å². The number of piperazine rings is 1. The molecule has 6 heteroatoms. The van der Waals surface area contributed by atoms with Gasteiger partial charge in [0, 0.05) is 42.8 Å². The van der Waals surface area contributed by atoms with E-state index in [1.807, 2.05) is 48.5 Å². The molecule has 2 aromatic carbocycles. The number of Topliss-reactive ketones (excluding diaryl/α,β-unsaturated/α-hetero) is 1. The molecule has 0 spiro atoms. The maximum absolute atomic E-state index is 11.5. The van der Waals surface area contributed by atoms with E-state index in [4.69, 9.17) is 9.97 Å². The number of ketones is 1. The molecule has 4 rings (SSSR count). The minimum absolute atomic E-state index is 0.0615. The van der Waals surface area contributed by atoms with Gasteiger partial charge in [0.1, 0.15) is 5.82 Å². The number of rotatable bonds is 4. The van der Waals surface area contributed by atoms with Crippen LogP contribution in [-0.4, -0.2) is 53.9 Å². The standard InChI is InChI=1S/C21H23N5O/c1-15(27)16-7-9-17(10-8-16)22-20-18-5-3-4-6-19(18)23-21(24-20)26-13-11-25(2)12-14-26/h3-10H,11-14H2,1-2H3,(H,22,23,24). The van der Waals surface area contributed by atoms with Crippen LogP contribution in [0.15, 0.2) is 48.5 Å². The van der Waals surface area contributed by atoms with Crippen LogP contribution >= 0.6 is 0 Å². The summed E-state index contributed by atoms with van der Waals surface area (Å²) in [4.78, 5) is 25.6. The molecule has 1 fully saturated rings. The summed E-state index contributed by atoms with van der Waals surface area (Å²) in [6, 6.07) is 15.5. The van der Waals surface area contributed by atoms with Crippen molar-refractivity contribution < 1.29 is 4.79 Å². The molecule has 1 saturated heterocycles. The van der Waals surface area contributed by atoms with E-state index >= 15 is 0 Å². The number of hydrogen-bond donors (Lipinski definition) is 1. The quantitative estimate of drug-likeness (QED) is 0.719. The van der Waals surface area contributed by atoms with Crippen molar-refractivity contribution >= 4 is 34.1 Å². The molecule has 1 aromatic heterocycles. The number of nitrogens with zero attached hydrogens (tertiary/aromatic N) is 4. The van der Waals surface area contributed by atoms with Crippen LogP contribution in [0, 0.1) is 0 Å². The molecular formula is C21H23N5O. The molecule has 0 bridgehead atoms. The Balaban J connectivity index is 1.69. The van der Waals surface area contributed by atoms with Crippen LogP contribution in [0.5, 0.6) is 0 Å². The number of para-hydroxylation sites is 1. The van der Waals surface area contributed by atoms with Crippen molar-refractivity contribution in [2.45, 2.75) is 6.92 Å². The number of likely N-dealkylation sites (N-methyl/N-ethyl adjacent to an activating group) is 1. The van der Waals surface area contributed by atoms with Gasteiger partial charge in [-0.2, -0.15) is 4.98 Å². The third-order valence-corrected chi connectivity index (χ3v) is 4.93. The number of hydrogen-bond acceptors (Lipinski definition) is 6. The fraction of sp³-hybridized carbons (Fsp3) is 0.286. The first-order valence-corrected chi connectivity index (χ1v) is 9.18. The maximum Gasteiger partial charge on any atom is 0.227 e. The van der Waals surface area contributed by atoms with Gasteiger partial charge in [-0.05, 0) is 50.4 Å². The number of carbonyl (C=O) groups excluding carboxylic acids is 1. The Bertz CT molecular complexity index is 962. The van der Waals surface area contributed by atoms with E-state index in [0.29, 0.717) is 5.56 Å². The van der Waals surface area contributed by atoms with Crippen LogP contribution in [-0.2, 0) is 0 Å². The third-order valence-electron chi connectivity index (χ3n) is 4.93. The molecule has 0 unspecified atom stereocenters. The van der Waals surface area contributed by atoms with Gasteiger partial charge in [-0.3, -0.25) is 4.79 Å². The Morgan fingerprint density at radius 1 is 0.963 bits per heavy atom. The van der Waals surface area contributed by atoms with Gasteiger partial charge in [0.15, 0.2) is 5.78 Å². The summed E-state index contributed by atoms with van der Waals surface area (Å²) < 4.78 is 0. The second-order valence-corrected chi connectivity index (χ2v) is 6.94. The van der Waals surface area contributed by atoms with E-state index < -0.39 is 0 Å². The lowest BCUT2D eigenvalue weighted by Gasteiger charge is -2.32. The van der Waals surface area contributed by atoms with E-state index in [0.717, 1.165) is 54.5 Å². The van der Waals surface area contributed by atoms with Crippen LogP contribution in [0.3, 0.4) is 0 Å². The summed E-state index contributed by atoms with van der Waals surface area (Å²) in [6.07, 6.45) is 0. The highest BCUT2D eigenvalue weighted by molar-refractivity contribution is 5.95. The number of anilines is 3. The average Bonchev–Trinajstić information content (AvgIpc) is 2.69. The van der Waals surface area contributed by atoms with E-state index in [1.165, 1.54) is 0 Å². The molecule has 6 nitrogen and oxygen atoms in total. The van der Waals surface area contributed by atoms with Gasteiger partial charge in [0.25, 0.3) is 0 Å². The largest absolute Gasteiger partial charge is 0.340 e. The lowest BCUT2D eigenvalue weighted by Crippen LogP contribution is -2.45. The molecule has 1 aliphatic heterocycles. The topological polar surface area (TPSA) is 61.4 Å². The smallest absolute Gasteiger partial charge is 0.227 e. The zero-order valence-electron chi connectivity index (χ0n) is 15.6. The molecule has 3 aromatic rings. The van der Waals surface area contributed by atoms with Crippen LogP contribution in [0.1, 0.15) is 17.3 Å². The van der Waals surface area contributed by atoms with Gasteiger partial charge in [-0.15, -0.1) is 0 Å². The molecule has 0 aliphatic carbocycles. The summed E-state index contributed by atoms with van der Waals surface area (Å²) >= 11 is 0. The zero-order chi connectivity index (χ0) is 18.8. The van der Waals surface area contributed by atoms with Gasteiger partial charge in [-0.25, -0.2) is 4.98 Å². The fourth-order valence-electron chi connectivity index (χ4n) is 3.23. The van der Waals surface area contributed by atoms with Crippen molar-refractivity contribution in [3.63, 3.8) is 0 Å². The van der Waals surface area contributed by atoms with Crippen molar-refractivity contribution in [2.24, 2.45) is 0 Å². The Morgan fingerprint density at radius 2 is 1.67 bits per heavy atom. The van der Waals surface area contributed by atoms with Gasteiger partial charge >= 0.3 is 0 Å². The van der Waals surface area contributed by atoms with Crippen molar-refractivity contribution in [3.05, 3.63) is 54.1 Å². The van der Waals surface area contributed by atoms with E-state index in [-0.39, 0.29) is 5.78 Å². The second-order valence-electron chi connectivity index (χ2n) is 6.94. The SMILES string of the molecule is CC(=O)c1ccc(Nc2nc(N3CCN(C)CC3)nc3ccccc23)cc1. The van der Waals surface area contributed by atoms with Gasteiger partial charge in [-0.1, -0.05) is 12.1 Å². The number of carbonyl (C=O) groups is 1. The van der Waals surface area contributed by atoms with Crippen LogP contribution in [0.4, 0.5) is 17.5 Å². The third kappa shape index (κ3) is 3.75. The van der Waals surface area contributed by atoms with E-state index in [9.17, 15) is 4.79 Å². The lowest BCUT2D eigenvalue weighted by molar-refractivity contribution is 0.101. The molecule has 0 amide bonds. The molecule has 27 heavy (non-hydrogen) atoms. The highest BCUT2D eigenvalue weighted by Gasteiger charge is 2.18. The number of aromatic nitrogens is 2. The van der Waals surface area contributed by atoms with Crippen LogP contribution < -0.4 is 10.2 Å². The molecule has 2 heterocycles. The Labute approximate surface area is 158 Å². The van der Waals surface area contributed by atoms with Gasteiger partial charge < -0.3 is 15.1 Å². The summed E-state index contributed by atoms with van der Waals surface area (Å²) in [5, 5.41) is 4.38. The fourth-order valence-corrected chi connectivity index (χ4v) is 3.23. The van der Waals surface area contributed by atoms with Crippen molar-refractivity contribution in [1.82, 2.24) is 14.9 Å². The van der Waals surface area contributed by atoms with Crippen molar-refractivity contribution in [3.8, 4) is 0 Å². The Hall–Kier alpha value is -2.99. The summed E-state index contributed by atoms with van der Waals surface area (Å²) in [7, 11) is 2.14. The predicted octanol–water partition coefficient (Wildman–Crippen LogP) is 3.33. The average molecular weight is 361 g/mol. The molecule has 0 radical (unpaired) electrons. The number of benzene rings is 2. The zero-order valence-corrected chi connectivity index (χ0v) is 15.6. The minimum Gasteiger partial charge on any atom is -0.340 e. The summed E-state index contributed by atoms with van der Waals surface area (Å²) in [5.74, 6) is 1.60. The molecule has 0 atom stereocenters. The molecule has 1 N–H and O–H groups in total. The number of nitrogens with one attached hydrogen (secondary N) is 1. The first-order chi connectivity index (χ1) is 13.1. The highest BCUT2D eigenvalue weighted by atomic mass is 16.1. The van der Waals surface area contributed by atoms with E-state index in [1.54, 1.807) is 6.92 Å². The van der Waals surface area contributed by atoms with Gasteiger partial charge in [0.05, 0.1) is 5.52 Å². The maximum atomic E-state index is 11.5. The van der Waals surface area contributed by atoms with Crippen molar-refractivity contribution in [2.75, 3.05) is 43.4 Å². The summed E-state index contributed by atoms with van der Waals surface area (Å²) in [5.41, 5.74) is 2.52. The molecular weight excluding hydrogens is 338 g/mol.